The molecule has 0 unspecified atom stereocenters. The topological polar surface area (TPSA) is 98.1 Å². The summed E-state index contributed by atoms with van der Waals surface area (Å²) in [5.41, 5.74) is 1.13. The minimum atomic E-state index is -0.254. The molecule has 11 heteroatoms. The molecule has 0 aliphatic heterocycles. The van der Waals surface area contributed by atoms with Crippen LogP contribution < -0.4 is 15.4 Å². The highest BCUT2D eigenvalue weighted by molar-refractivity contribution is 7.99. The first kappa shape index (κ1) is 22.9. The van der Waals surface area contributed by atoms with Crippen LogP contribution in [-0.4, -0.2) is 39.4 Å². The number of hydrogen-bond acceptors (Lipinski definition) is 6. The van der Waals surface area contributed by atoms with Gasteiger partial charge in [-0.1, -0.05) is 35.0 Å². The highest BCUT2D eigenvalue weighted by Gasteiger charge is 2.15. The van der Waals surface area contributed by atoms with Crippen LogP contribution in [0.3, 0.4) is 0 Å². The molecule has 1 aromatic heterocycles. The fourth-order valence-corrected chi connectivity index (χ4v) is 3.74. The van der Waals surface area contributed by atoms with E-state index in [9.17, 15) is 9.59 Å². The van der Waals surface area contributed by atoms with Gasteiger partial charge in [0, 0.05) is 17.8 Å². The zero-order chi connectivity index (χ0) is 22.4. The summed E-state index contributed by atoms with van der Waals surface area (Å²) in [5, 5.41) is 15.0. The fourth-order valence-electron chi connectivity index (χ4n) is 2.56. The number of carbonyl (C=O) groups is 2. The summed E-state index contributed by atoms with van der Waals surface area (Å²) in [6, 6.07) is 11.8. The number of methoxy groups -OCH3 is 1. The van der Waals surface area contributed by atoms with Gasteiger partial charge < -0.3 is 19.9 Å². The minimum absolute atomic E-state index is 0.0443. The van der Waals surface area contributed by atoms with Crippen LogP contribution in [-0.2, 0) is 23.1 Å². The van der Waals surface area contributed by atoms with Crippen molar-refractivity contribution in [2.75, 3.05) is 23.5 Å². The predicted molar refractivity (Wildman–Crippen MR) is 122 cm³/mol. The third kappa shape index (κ3) is 6.36. The standard InChI is InChI=1S/C20H19Cl2N5O3S/c1-27-17(10-18(28)23-13-4-6-14(30-2)7-5-13)25-26-20(27)31-11-19(29)24-16-8-3-12(21)9-15(16)22/h3-9H,10-11H2,1-2H3,(H,23,28)(H,24,29). The van der Waals surface area contributed by atoms with Crippen molar-refractivity contribution in [3.8, 4) is 5.75 Å². The Hall–Kier alpha value is -2.75. The molecule has 0 saturated heterocycles. The number of halogens is 2. The van der Waals surface area contributed by atoms with Crippen LogP contribution in [0, 0.1) is 0 Å². The Balaban J connectivity index is 1.53. The van der Waals surface area contributed by atoms with Crippen molar-refractivity contribution in [3.63, 3.8) is 0 Å². The van der Waals surface area contributed by atoms with Gasteiger partial charge in [0.05, 0.1) is 30.0 Å². The molecule has 31 heavy (non-hydrogen) atoms. The Morgan fingerprint density at radius 1 is 1.06 bits per heavy atom. The molecule has 0 aliphatic rings. The fraction of sp³-hybridized carbons (Fsp3) is 0.200. The molecular formula is C20H19Cl2N5O3S. The number of thioether (sulfide) groups is 1. The number of amides is 2. The molecule has 2 N–H and O–H groups in total. The van der Waals surface area contributed by atoms with Crippen molar-refractivity contribution in [1.29, 1.82) is 0 Å². The number of ether oxygens (including phenoxy) is 1. The monoisotopic (exact) mass is 479 g/mol. The molecule has 2 aromatic carbocycles. The summed E-state index contributed by atoms with van der Waals surface area (Å²) in [6.45, 7) is 0. The molecule has 162 valence electrons. The van der Waals surface area contributed by atoms with Crippen molar-refractivity contribution in [1.82, 2.24) is 14.8 Å². The molecule has 0 spiro atoms. The van der Waals surface area contributed by atoms with Crippen molar-refractivity contribution in [2.24, 2.45) is 7.05 Å². The van der Waals surface area contributed by atoms with Gasteiger partial charge in [-0.2, -0.15) is 0 Å². The van der Waals surface area contributed by atoms with Gasteiger partial charge >= 0.3 is 0 Å². The smallest absolute Gasteiger partial charge is 0.234 e. The van der Waals surface area contributed by atoms with Gasteiger partial charge in [0.15, 0.2) is 5.16 Å². The lowest BCUT2D eigenvalue weighted by molar-refractivity contribution is -0.116. The van der Waals surface area contributed by atoms with E-state index >= 15 is 0 Å². The van der Waals surface area contributed by atoms with Gasteiger partial charge in [-0.05, 0) is 42.5 Å². The maximum absolute atomic E-state index is 12.3. The Labute approximate surface area is 193 Å². The molecule has 0 bridgehead atoms. The van der Waals surface area contributed by atoms with Crippen LogP contribution in [0.15, 0.2) is 47.6 Å². The van der Waals surface area contributed by atoms with Gasteiger partial charge in [-0.15, -0.1) is 10.2 Å². The number of rotatable bonds is 8. The van der Waals surface area contributed by atoms with Gasteiger partial charge in [-0.3, -0.25) is 9.59 Å². The van der Waals surface area contributed by atoms with E-state index < -0.39 is 0 Å². The second-order valence-electron chi connectivity index (χ2n) is 6.37. The zero-order valence-corrected chi connectivity index (χ0v) is 19.0. The minimum Gasteiger partial charge on any atom is -0.497 e. The second-order valence-corrected chi connectivity index (χ2v) is 8.16. The van der Waals surface area contributed by atoms with E-state index in [1.165, 1.54) is 11.8 Å². The highest BCUT2D eigenvalue weighted by atomic mass is 35.5. The van der Waals surface area contributed by atoms with E-state index in [1.54, 1.807) is 61.2 Å². The van der Waals surface area contributed by atoms with Crippen LogP contribution in [0.4, 0.5) is 11.4 Å². The molecular weight excluding hydrogens is 461 g/mol. The Morgan fingerprint density at radius 2 is 1.81 bits per heavy atom. The number of carbonyl (C=O) groups excluding carboxylic acids is 2. The van der Waals surface area contributed by atoms with Crippen LogP contribution in [0.1, 0.15) is 5.82 Å². The molecule has 0 radical (unpaired) electrons. The van der Waals surface area contributed by atoms with Crippen molar-refractivity contribution < 1.29 is 14.3 Å². The average Bonchev–Trinajstić information content (AvgIpc) is 3.08. The van der Waals surface area contributed by atoms with Crippen LogP contribution in [0.5, 0.6) is 5.75 Å². The van der Waals surface area contributed by atoms with Gasteiger partial charge in [0.1, 0.15) is 11.6 Å². The Bertz CT molecular complexity index is 1090. The molecule has 8 nitrogen and oxygen atoms in total. The molecule has 0 atom stereocenters. The summed E-state index contributed by atoms with van der Waals surface area (Å²) < 4.78 is 6.78. The second kappa shape index (κ2) is 10.5. The van der Waals surface area contributed by atoms with E-state index in [1.807, 2.05) is 0 Å². The lowest BCUT2D eigenvalue weighted by Gasteiger charge is -2.08. The molecule has 1 heterocycles. The van der Waals surface area contributed by atoms with Crippen molar-refractivity contribution in [3.05, 3.63) is 58.3 Å². The first-order chi connectivity index (χ1) is 14.9. The van der Waals surface area contributed by atoms with E-state index in [0.717, 1.165) is 0 Å². The molecule has 3 rings (SSSR count). The quantitative estimate of drug-likeness (QED) is 0.473. The van der Waals surface area contributed by atoms with E-state index in [2.05, 4.69) is 20.8 Å². The molecule has 0 fully saturated rings. The van der Waals surface area contributed by atoms with E-state index in [-0.39, 0.29) is 24.0 Å². The number of nitrogens with one attached hydrogen (secondary N) is 2. The van der Waals surface area contributed by atoms with Crippen LogP contribution in [0.2, 0.25) is 10.0 Å². The summed E-state index contributed by atoms with van der Waals surface area (Å²) in [6.07, 6.45) is 0.0443. The predicted octanol–water partition coefficient (Wildman–Crippen LogP) is 4.04. The van der Waals surface area contributed by atoms with Crippen molar-refractivity contribution in [2.45, 2.75) is 11.6 Å². The zero-order valence-electron chi connectivity index (χ0n) is 16.7. The van der Waals surface area contributed by atoms with Crippen LogP contribution in [0.25, 0.3) is 0 Å². The highest BCUT2D eigenvalue weighted by Crippen LogP contribution is 2.26. The number of aromatic nitrogens is 3. The Morgan fingerprint density at radius 3 is 2.48 bits per heavy atom. The van der Waals surface area contributed by atoms with Gasteiger partial charge in [-0.25, -0.2) is 0 Å². The summed E-state index contributed by atoms with van der Waals surface area (Å²) in [7, 11) is 3.32. The maximum atomic E-state index is 12.3. The van der Waals surface area contributed by atoms with Crippen molar-refractivity contribution >= 4 is 58.2 Å². The van der Waals surface area contributed by atoms with E-state index in [4.69, 9.17) is 27.9 Å². The molecule has 3 aromatic rings. The summed E-state index contributed by atoms with van der Waals surface area (Å²) in [5.74, 6) is 0.802. The van der Waals surface area contributed by atoms with Crippen LogP contribution >= 0.6 is 35.0 Å². The summed E-state index contributed by atoms with van der Waals surface area (Å²) in [4.78, 5) is 24.5. The molecule has 0 aliphatic carbocycles. The molecule has 0 saturated carbocycles. The lowest BCUT2D eigenvalue weighted by Crippen LogP contribution is -2.17. The normalized spacial score (nSPS) is 10.6. The summed E-state index contributed by atoms with van der Waals surface area (Å²) >= 11 is 13.1. The first-order valence-electron chi connectivity index (χ1n) is 9.05. The maximum Gasteiger partial charge on any atom is 0.234 e. The van der Waals surface area contributed by atoms with Gasteiger partial charge in [0.2, 0.25) is 11.8 Å². The largest absolute Gasteiger partial charge is 0.497 e. The van der Waals surface area contributed by atoms with E-state index in [0.29, 0.717) is 38.2 Å². The number of hydrogen-bond donors (Lipinski definition) is 2. The third-order valence-electron chi connectivity index (χ3n) is 4.16. The average molecular weight is 480 g/mol. The molecule has 2 amide bonds. The Kier molecular flexibility index (Phi) is 7.78. The third-order valence-corrected chi connectivity index (χ3v) is 5.72. The van der Waals surface area contributed by atoms with Gasteiger partial charge in [0.25, 0.3) is 0 Å². The number of anilines is 2. The number of benzene rings is 2. The first-order valence-corrected chi connectivity index (χ1v) is 10.8. The lowest BCUT2D eigenvalue weighted by atomic mass is 10.3. The number of nitrogens with zero attached hydrogens (tertiary/aromatic N) is 3. The SMILES string of the molecule is COc1ccc(NC(=O)Cc2nnc(SCC(=O)Nc3ccc(Cl)cc3Cl)n2C)cc1.